The number of nitrogens with zero attached hydrogens (tertiary/aromatic N) is 2. The van der Waals surface area contributed by atoms with Crippen molar-refractivity contribution in [1.29, 1.82) is 0 Å². The smallest absolute Gasteiger partial charge is 0.185 e. The molecule has 2 heterocycles. The van der Waals surface area contributed by atoms with Gasteiger partial charge in [0.25, 0.3) is 0 Å². The van der Waals surface area contributed by atoms with E-state index in [0.29, 0.717) is 12.4 Å². The fourth-order valence-electron chi connectivity index (χ4n) is 1.67. The lowest BCUT2D eigenvalue weighted by Crippen LogP contribution is -2.22. The van der Waals surface area contributed by atoms with Crippen molar-refractivity contribution in [1.82, 2.24) is 9.55 Å². The Hall–Kier alpha value is -1.16. The van der Waals surface area contributed by atoms with Gasteiger partial charge in [0.05, 0.1) is 12.6 Å². The second-order valence-electron chi connectivity index (χ2n) is 3.18. The summed E-state index contributed by atoms with van der Waals surface area (Å²) in [5.41, 5.74) is 0. The largest absolute Gasteiger partial charge is 0.379 e. The van der Waals surface area contributed by atoms with E-state index in [9.17, 15) is 4.79 Å². The lowest BCUT2D eigenvalue weighted by Gasteiger charge is -2.23. The Bertz CT molecular complexity index is 290. The molecule has 0 radical (unpaired) electrons. The quantitative estimate of drug-likeness (QED) is 0.639. The maximum Gasteiger partial charge on any atom is 0.185 e. The predicted molar refractivity (Wildman–Crippen MR) is 46.7 cm³/mol. The number of ether oxygens (including phenoxy) is 1. The molecule has 1 aromatic rings. The van der Waals surface area contributed by atoms with Crippen molar-refractivity contribution in [2.75, 3.05) is 13.2 Å². The minimum Gasteiger partial charge on any atom is -0.379 e. The van der Waals surface area contributed by atoms with Crippen molar-refractivity contribution < 1.29 is 9.53 Å². The lowest BCUT2D eigenvalue weighted by molar-refractivity contribution is 0.0582. The molecule has 1 aromatic heterocycles. The molecule has 4 heteroatoms. The summed E-state index contributed by atoms with van der Waals surface area (Å²) in [6, 6.07) is 0.288. The SMILES string of the molecule is O=Cc1nccn1C1CCCOC1. The molecule has 1 aliphatic rings. The molecule has 0 spiro atoms. The van der Waals surface area contributed by atoms with E-state index in [1.54, 1.807) is 6.20 Å². The van der Waals surface area contributed by atoms with Crippen molar-refractivity contribution in [3.05, 3.63) is 18.2 Å². The highest BCUT2D eigenvalue weighted by Gasteiger charge is 2.17. The second-order valence-corrected chi connectivity index (χ2v) is 3.18. The van der Waals surface area contributed by atoms with E-state index in [-0.39, 0.29) is 6.04 Å². The monoisotopic (exact) mass is 180 g/mol. The normalized spacial score (nSPS) is 22.9. The van der Waals surface area contributed by atoms with Gasteiger partial charge in [0.2, 0.25) is 0 Å². The lowest BCUT2D eigenvalue weighted by atomic mass is 10.1. The molecule has 2 rings (SSSR count). The first-order valence-corrected chi connectivity index (χ1v) is 4.47. The zero-order chi connectivity index (χ0) is 9.10. The van der Waals surface area contributed by atoms with Gasteiger partial charge in [0, 0.05) is 19.0 Å². The molecule has 0 aromatic carbocycles. The van der Waals surface area contributed by atoms with Gasteiger partial charge < -0.3 is 9.30 Å². The summed E-state index contributed by atoms with van der Waals surface area (Å²) < 4.78 is 7.24. The Morgan fingerprint density at radius 3 is 3.31 bits per heavy atom. The summed E-state index contributed by atoms with van der Waals surface area (Å²) in [5.74, 6) is 0.496. The summed E-state index contributed by atoms with van der Waals surface area (Å²) in [6.45, 7) is 1.53. The average Bonchev–Trinajstić information content (AvgIpc) is 2.67. The number of imidazole rings is 1. The minimum absolute atomic E-state index is 0.288. The topological polar surface area (TPSA) is 44.1 Å². The third-order valence-electron chi connectivity index (χ3n) is 2.33. The molecular weight excluding hydrogens is 168 g/mol. The van der Waals surface area contributed by atoms with Gasteiger partial charge >= 0.3 is 0 Å². The van der Waals surface area contributed by atoms with E-state index in [4.69, 9.17) is 4.74 Å². The van der Waals surface area contributed by atoms with Crippen LogP contribution in [0.15, 0.2) is 12.4 Å². The number of rotatable bonds is 2. The Labute approximate surface area is 76.5 Å². The third kappa shape index (κ3) is 1.62. The molecule has 0 saturated carbocycles. The molecule has 0 bridgehead atoms. The molecule has 1 atom stereocenters. The summed E-state index contributed by atoms with van der Waals surface area (Å²) in [7, 11) is 0. The molecule has 0 amide bonds. The molecule has 70 valence electrons. The Morgan fingerprint density at radius 2 is 2.62 bits per heavy atom. The van der Waals surface area contributed by atoms with Crippen LogP contribution in [0.4, 0.5) is 0 Å². The van der Waals surface area contributed by atoms with E-state index in [2.05, 4.69) is 4.98 Å². The highest BCUT2D eigenvalue weighted by atomic mass is 16.5. The highest BCUT2D eigenvalue weighted by Crippen LogP contribution is 2.19. The van der Waals surface area contributed by atoms with Crippen LogP contribution in [0.25, 0.3) is 0 Å². The fourth-order valence-corrected chi connectivity index (χ4v) is 1.67. The Balaban J connectivity index is 2.17. The second kappa shape index (κ2) is 3.70. The van der Waals surface area contributed by atoms with Gasteiger partial charge in [-0.25, -0.2) is 4.98 Å². The van der Waals surface area contributed by atoms with Gasteiger partial charge in [0.15, 0.2) is 12.1 Å². The summed E-state index contributed by atoms with van der Waals surface area (Å²) >= 11 is 0. The van der Waals surface area contributed by atoms with Crippen molar-refractivity contribution >= 4 is 6.29 Å². The Morgan fingerprint density at radius 1 is 1.69 bits per heavy atom. The summed E-state index contributed by atoms with van der Waals surface area (Å²) in [4.78, 5) is 14.6. The first-order valence-electron chi connectivity index (χ1n) is 4.47. The van der Waals surface area contributed by atoms with Gasteiger partial charge in [-0.05, 0) is 12.8 Å². The van der Waals surface area contributed by atoms with Gasteiger partial charge in [-0.15, -0.1) is 0 Å². The molecule has 0 N–H and O–H groups in total. The zero-order valence-electron chi connectivity index (χ0n) is 7.35. The van der Waals surface area contributed by atoms with Crippen LogP contribution in [0.5, 0.6) is 0 Å². The number of carbonyl (C=O) groups is 1. The van der Waals surface area contributed by atoms with E-state index >= 15 is 0 Å². The van der Waals surface area contributed by atoms with E-state index in [1.165, 1.54) is 0 Å². The van der Waals surface area contributed by atoms with Crippen LogP contribution in [0.2, 0.25) is 0 Å². The van der Waals surface area contributed by atoms with E-state index in [1.807, 2.05) is 10.8 Å². The van der Waals surface area contributed by atoms with Gasteiger partial charge in [0.1, 0.15) is 0 Å². The van der Waals surface area contributed by atoms with Gasteiger partial charge in [-0.1, -0.05) is 0 Å². The number of hydrogen-bond donors (Lipinski definition) is 0. The van der Waals surface area contributed by atoms with Gasteiger partial charge in [-0.2, -0.15) is 0 Å². The van der Waals surface area contributed by atoms with Crippen molar-refractivity contribution in [3.8, 4) is 0 Å². The number of aldehydes is 1. The Kier molecular flexibility index (Phi) is 2.40. The first kappa shape index (κ1) is 8.44. The molecule has 1 unspecified atom stereocenters. The minimum atomic E-state index is 0.288. The van der Waals surface area contributed by atoms with Crippen LogP contribution in [0, 0.1) is 0 Å². The number of aromatic nitrogens is 2. The maximum absolute atomic E-state index is 10.6. The molecule has 1 saturated heterocycles. The molecule has 0 aliphatic carbocycles. The maximum atomic E-state index is 10.6. The highest BCUT2D eigenvalue weighted by molar-refractivity contribution is 5.69. The molecule has 1 aliphatic heterocycles. The summed E-state index contributed by atoms with van der Waals surface area (Å²) in [5, 5.41) is 0. The van der Waals surface area contributed by atoms with Crippen molar-refractivity contribution in [2.45, 2.75) is 18.9 Å². The van der Waals surface area contributed by atoms with Crippen LogP contribution in [0.1, 0.15) is 29.5 Å². The van der Waals surface area contributed by atoms with Crippen LogP contribution in [-0.4, -0.2) is 29.1 Å². The molecular formula is C9H12N2O2. The van der Waals surface area contributed by atoms with Gasteiger partial charge in [-0.3, -0.25) is 4.79 Å². The van der Waals surface area contributed by atoms with E-state index < -0.39 is 0 Å². The van der Waals surface area contributed by atoms with Crippen LogP contribution in [0.3, 0.4) is 0 Å². The summed E-state index contributed by atoms with van der Waals surface area (Å²) in [6.07, 6.45) is 6.40. The third-order valence-corrected chi connectivity index (χ3v) is 2.33. The molecule has 13 heavy (non-hydrogen) atoms. The average molecular weight is 180 g/mol. The van der Waals surface area contributed by atoms with Crippen LogP contribution in [-0.2, 0) is 4.74 Å². The van der Waals surface area contributed by atoms with E-state index in [0.717, 1.165) is 25.7 Å². The van der Waals surface area contributed by atoms with Crippen LogP contribution >= 0.6 is 0 Å². The predicted octanol–water partition coefficient (Wildman–Crippen LogP) is 1.05. The first-order chi connectivity index (χ1) is 6.42. The van der Waals surface area contributed by atoms with Crippen molar-refractivity contribution in [2.24, 2.45) is 0 Å². The molecule has 4 nitrogen and oxygen atoms in total. The molecule has 1 fully saturated rings. The van der Waals surface area contributed by atoms with Crippen LogP contribution < -0.4 is 0 Å². The standard InChI is InChI=1S/C9H12N2O2/c12-6-9-10-3-4-11(9)8-2-1-5-13-7-8/h3-4,6,8H,1-2,5,7H2. The van der Waals surface area contributed by atoms with Crippen molar-refractivity contribution in [3.63, 3.8) is 0 Å². The zero-order valence-corrected chi connectivity index (χ0v) is 7.35. The fraction of sp³-hybridized carbons (Fsp3) is 0.556. The number of hydrogen-bond acceptors (Lipinski definition) is 3. The number of carbonyl (C=O) groups excluding carboxylic acids is 1.